The maximum absolute atomic E-state index is 11.0. The van der Waals surface area contributed by atoms with Gasteiger partial charge in [-0.2, -0.15) is 0 Å². The zero-order valence-corrected chi connectivity index (χ0v) is 10.7. The highest BCUT2D eigenvalue weighted by molar-refractivity contribution is 9.10. The fourth-order valence-electron chi connectivity index (χ4n) is 1.03. The van der Waals surface area contributed by atoms with Crippen molar-refractivity contribution in [1.82, 2.24) is 5.32 Å². The van der Waals surface area contributed by atoms with Crippen LogP contribution < -0.4 is 10.1 Å². The van der Waals surface area contributed by atoms with Gasteiger partial charge in [0.25, 0.3) is 0 Å². The number of likely N-dealkylation sites (N-methyl/N-ethyl adjacent to an activating group) is 1. The van der Waals surface area contributed by atoms with E-state index in [1.807, 2.05) is 12.1 Å². The predicted octanol–water partition coefficient (Wildman–Crippen LogP) is 1.89. The molecule has 1 aromatic rings. The van der Waals surface area contributed by atoms with Gasteiger partial charge < -0.3 is 15.2 Å². The number of carbonyl (C=O) groups is 1. The lowest BCUT2D eigenvalue weighted by Crippen LogP contribution is -2.52. The van der Waals surface area contributed by atoms with Crippen molar-refractivity contribution in [3.05, 3.63) is 28.7 Å². The van der Waals surface area contributed by atoms with Gasteiger partial charge in [-0.1, -0.05) is 22.0 Å². The van der Waals surface area contributed by atoms with Gasteiger partial charge in [0.2, 0.25) is 0 Å². The van der Waals surface area contributed by atoms with Crippen LogP contribution in [0.3, 0.4) is 0 Å². The topological polar surface area (TPSA) is 58.6 Å². The Morgan fingerprint density at radius 2 is 2.31 bits per heavy atom. The Morgan fingerprint density at radius 1 is 1.62 bits per heavy atom. The minimum absolute atomic E-state index is 0.0648. The van der Waals surface area contributed by atoms with Gasteiger partial charge in [-0.25, -0.2) is 0 Å². The number of ether oxygens (including phenoxy) is 1. The maximum Gasteiger partial charge on any atom is 0.327 e. The van der Waals surface area contributed by atoms with Crippen LogP contribution in [0.15, 0.2) is 28.7 Å². The molecule has 0 spiro atoms. The molecule has 4 nitrogen and oxygen atoms in total. The van der Waals surface area contributed by atoms with Crippen LogP contribution in [0.5, 0.6) is 5.75 Å². The smallest absolute Gasteiger partial charge is 0.327 e. The molecule has 0 aromatic heterocycles. The zero-order valence-electron chi connectivity index (χ0n) is 9.16. The molecule has 1 aromatic carbocycles. The molecule has 0 bridgehead atoms. The third kappa shape index (κ3) is 3.21. The van der Waals surface area contributed by atoms with E-state index in [0.717, 1.165) is 4.47 Å². The second-order valence-electron chi connectivity index (χ2n) is 3.63. The predicted molar refractivity (Wildman–Crippen MR) is 64.7 cm³/mol. The molecule has 0 amide bonds. The molecule has 5 heteroatoms. The van der Waals surface area contributed by atoms with E-state index in [1.165, 1.54) is 0 Å². The number of carboxylic acids is 1. The summed E-state index contributed by atoms with van der Waals surface area (Å²) in [4.78, 5) is 11.0. The molecule has 1 rings (SSSR count). The average molecular weight is 288 g/mol. The number of hydrogen-bond donors (Lipinski definition) is 2. The molecule has 0 saturated heterocycles. The fraction of sp³-hybridized carbons (Fsp3) is 0.364. The Hall–Kier alpha value is -1.07. The summed E-state index contributed by atoms with van der Waals surface area (Å²) in [6.07, 6.45) is 0. The van der Waals surface area contributed by atoms with Gasteiger partial charge in [0.05, 0.1) is 0 Å². The molecule has 0 aliphatic carbocycles. The van der Waals surface area contributed by atoms with E-state index in [2.05, 4.69) is 21.2 Å². The monoisotopic (exact) mass is 287 g/mol. The van der Waals surface area contributed by atoms with Crippen molar-refractivity contribution in [2.24, 2.45) is 0 Å². The fourth-order valence-corrected chi connectivity index (χ4v) is 1.40. The van der Waals surface area contributed by atoms with Crippen molar-refractivity contribution in [2.45, 2.75) is 12.5 Å². The Labute approximate surface area is 103 Å². The van der Waals surface area contributed by atoms with E-state index in [-0.39, 0.29) is 6.61 Å². The molecular formula is C11H14BrNO3. The third-order valence-corrected chi connectivity index (χ3v) is 2.84. The zero-order chi connectivity index (χ0) is 12.2. The lowest BCUT2D eigenvalue weighted by Gasteiger charge is -2.24. The van der Waals surface area contributed by atoms with Crippen LogP contribution >= 0.6 is 15.9 Å². The molecule has 1 atom stereocenters. The Morgan fingerprint density at radius 3 is 2.81 bits per heavy atom. The summed E-state index contributed by atoms with van der Waals surface area (Å²) >= 11 is 3.32. The van der Waals surface area contributed by atoms with Crippen LogP contribution in [0.25, 0.3) is 0 Å². The van der Waals surface area contributed by atoms with Crippen molar-refractivity contribution >= 4 is 21.9 Å². The normalized spacial score (nSPS) is 14.2. The molecule has 0 fully saturated rings. The van der Waals surface area contributed by atoms with E-state index in [1.54, 1.807) is 26.1 Å². The molecule has 0 saturated carbocycles. The van der Waals surface area contributed by atoms with Crippen LogP contribution in [-0.4, -0.2) is 30.3 Å². The number of benzene rings is 1. The molecule has 0 heterocycles. The van der Waals surface area contributed by atoms with Gasteiger partial charge in [0.1, 0.15) is 17.9 Å². The van der Waals surface area contributed by atoms with Crippen LogP contribution in [0.4, 0.5) is 0 Å². The van der Waals surface area contributed by atoms with Crippen LogP contribution in [0, 0.1) is 0 Å². The number of halogens is 1. The maximum atomic E-state index is 11.0. The molecule has 2 N–H and O–H groups in total. The van der Waals surface area contributed by atoms with Crippen molar-refractivity contribution in [1.29, 1.82) is 0 Å². The second-order valence-corrected chi connectivity index (χ2v) is 4.55. The first kappa shape index (κ1) is 13.0. The Bertz CT molecular complexity index is 383. The van der Waals surface area contributed by atoms with E-state index in [0.29, 0.717) is 5.75 Å². The van der Waals surface area contributed by atoms with Gasteiger partial charge in [0, 0.05) is 4.47 Å². The number of aliphatic carboxylic acids is 1. The quantitative estimate of drug-likeness (QED) is 0.868. The molecule has 88 valence electrons. The first-order chi connectivity index (χ1) is 7.48. The van der Waals surface area contributed by atoms with Gasteiger partial charge in [-0.05, 0) is 32.2 Å². The number of nitrogens with one attached hydrogen (secondary N) is 1. The summed E-state index contributed by atoms with van der Waals surface area (Å²) in [5.74, 6) is -0.304. The van der Waals surface area contributed by atoms with Crippen molar-refractivity contribution in [3.63, 3.8) is 0 Å². The van der Waals surface area contributed by atoms with Gasteiger partial charge in [0.15, 0.2) is 0 Å². The van der Waals surface area contributed by atoms with E-state index in [4.69, 9.17) is 9.84 Å². The highest BCUT2D eigenvalue weighted by Gasteiger charge is 2.32. The summed E-state index contributed by atoms with van der Waals surface area (Å²) in [6.45, 7) is 1.64. The number of carboxylic acid groups (broad SMARTS) is 1. The second kappa shape index (κ2) is 5.32. The third-order valence-electron chi connectivity index (χ3n) is 2.35. The number of rotatable bonds is 5. The van der Waals surface area contributed by atoms with E-state index >= 15 is 0 Å². The van der Waals surface area contributed by atoms with Gasteiger partial charge in [-0.3, -0.25) is 4.79 Å². The molecule has 1 unspecified atom stereocenters. The summed E-state index contributed by atoms with van der Waals surface area (Å²) in [7, 11) is 1.60. The Kier molecular flexibility index (Phi) is 4.32. The standard InChI is InChI=1S/C11H14BrNO3/c1-11(13-2,10(14)15)7-16-9-5-3-4-8(12)6-9/h3-6,13H,7H2,1-2H3,(H,14,15). The summed E-state index contributed by atoms with van der Waals surface area (Å²) in [5, 5.41) is 11.7. The Balaban J connectivity index is 2.66. The summed E-state index contributed by atoms with van der Waals surface area (Å²) in [5.41, 5.74) is -1.08. The lowest BCUT2D eigenvalue weighted by molar-refractivity contribution is -0.145. The summed E-state index contributed by atoms with van der Waals surface area (Å²) < 4.78 is 6.33. The van der Waals surface area contributed by atoms with E-state index in [9.17, 15) is 4.79 Å². The van der Waals surface area contributed by atoms with Crippen molar-refractivity contribution < 1.29 is 14.6 Å². The average Bonchev–Trinajstić information content (AvgIpc) is 2.26. The first-order valence-corrected chi connectivity index (χ1v) is 5.58. The summed E-state index contributed by atoms with van der Waals surface area (Å²) in [6, 6.07) is 7.28. The minimum atomic E-state index is -1.08. The highest BCUT2D eigenvalue weighted by atomic mass is 79.9. The molecule has 0 aliphatic heterocycles. The molecule has 16 heavy (non-hydrogen) atoms. The van der Waals surface area contributed by atoms with Gasteiger partial charge in [-0.15, -0.1) is 0 Å². The van der Waals surface area contributed by atoms with Gasteiger partial charge >= 0.3 is 5.97 Å². The SMILES string of the molecule is CNC(C)(COc1cccc(Br)c1)C(=O)O. The van der Waals surface area contributed by atoms with Crippen molar-refractivity contribution in [2.75, 3.05) is 13.7 Å². The molecule has 0 aliphatic rings. The minimum Gasteiger partial charge on any atom is -0.491 e. The van der Waals surface area contributed by atoms with Crippen molar-refractivity contribution in [3.8, 4) is 5.75 Å². The first-order valence-electron chi connectivity index (χ1n) is 4.78. The van der Waals surface area contributed by atoms with Crippen LogP contribution in [0.2, 0.25) is 0 Å². The highest BCUT2D eigenvalue weighted by Crippen LogP contribution is 2.18. The largest absolute Gasteiger partial charge is 0.491 e. The number of hydrogen-bond acceptors (Lipinski definition) is 3. The van der Waals surface area contributed by atoms with E-state index < -0.39 is 11.5 Å². The molecule has 0 radical (unpaired) electrons. The molecular weight excluding hydrogens is 274 g/mol. The lowest BCUT2D eigenvalue weighted by atomic mass is 10.1. The van der Waals surface area contributed by atoms with Crippen LogP contribution in [-0.2, 0) is 4.79 Å². The van der Waals surface area contributed by atoms with Crippen LogP contribution in [0.1, 0.15) is 6.92 Å².